The molecule has 0 bridgehead atoms. The van der Waals surface area contributed by atoms with Crippen molar-refractivity contribution in [3.05, 3.63) is 35.4 Å². The van der Waals surface area contributed by atoms with Crippen LogP contribution in [-0.2, 0) is 12.7 Å². The van der Waals surface area contributed by atoms with Crippen LogP contribution in [-0.4, -0.2) is 41.5 Å². The Balaban J connectivity index is 1.51. The molecule has 2 nitrogen and oxygen atoms in total. The molecule has 2 saturated heterocycles. The molecule has 1 aliphatic carbocycles. The monoisotopic (exact) mass is 366 g/mol. The minimum absolute atomic E-state index is 0.550. The molecule has 1 aromatic rings. The van der Waals surface area contributed by atoms with Crippen molar-refractivity contribution in [2.45, 2.75) is 69.8 Å². The molecule has 3 fully saturated rings. The quantitative estimate of drug-likeness (QED) is 0.748. The molecule has 2 atom stereocenters. The van der Waals surface area contributed by atoms with Crippen molar-refractivity contribution >= 4 is 0 Å². The summed E-state index contributed by atoms with van der Waals surface area (Å²) >= 11 is 0. The summed E-state index contributed by atoms with van der Waals surface area (Å²) in [4.78, 5) is 5.26. The van der Waals surface area contributed by atoms with Crippen LogP contribution in [0.3, 0.4) is 0 Å². The van der Waals surface area contributed by atoms with E-state index in [1.54, 1.807) is 12.1 Å². The van der Waals surface area contributed by atoms with E-state index in [2.05, 4.69) is 9.80 Å². The van der Waals surface area contributed by atoms with Crippen LogP contribution in [0.4, 0.5) is 13.2 Å². The van der Waals surface area contributed by atoms with Gasteiger partial charge in [0.1, 0.15) is 0 Å². The smallest absolute Gasteiger partial charge is 0.298 e. The van der Waals surface area contributed by atoms with Crippen molar-refractivity contribution in [1.82, 2.24) is 9.80 Å². The standard InChI is InChI=1S/C21H29F3N2/c22-21(23,24)18-10-8-16(9-11-18)15-26-14-13-25-12-4-7-19(25)20(26)17-5-2-1-3-6-17/h8-11,17,19-20H,1-7,12-15H2/t19-,20+/m0/s1. The summed E-state index contributed by atoms with van der Waals surface area (Å²) in [5, 5.41) is 0. The predicted octanol–water partition coefficient (Wildman–Crippen LogP) is 4.93. The summed E-state index contributed by atoms with van der Waals surface area (Å²) in [6.45, 7) is 4.15. The lowest BCUT2D eigenvalue weighted by molar-refractivity contribution is -0.137. The third-order valence-corrected chi connectivity index (χ3v) is 6.70. The van der Waals surface area contributed by atoms with Crippen molar-refractivity contribution in [3.63, 3.8) is 0 Å². The number of halogens is 3. The Morgan fingerprint density at radius 3 is 2.27 bits per heavy atom. The molecular formula is C21H29F3N2. The van der Waals surface area contributed by atoms with Gasteiger partial charge in [0, 0.05) is 31.7 Å². The average molecular weight is 366 g/mol. The molecule has 2 heterocycles. The Kier molecular flexibility index (Phi) is 5.29. The van der Waals surface area contributed by atoms with Gasteiger partial charge >= 0.3 is 6.18 Å². The molecule has 0 unspecified atom stereocenters. The number of hydrogen-bond acceptors (Lipinski definition) is 2. The van der Waals surface area contributed by atoms with Crippen molar-refractivity contribution in [3.8, 4) is 0 Å². The highest BCUT2D eigenvalue weighted by molar-refractivity contribution is 5.24. The van der Waals surface area contributed by atoms with E-state index in [9.17, 15) is 13.2 Å². The summed E-state index contributed by atoms with van der Waals surface area (Å²) < 4.78 is 38.4. The zero-order chi connectivity index (χ0) is 18.1. The first-order valence-electron chi connectivity index (χ1n) is 10.2. The summed E-state index contributed by atoms with van der Waals surface area (Å²) in [5.74, 6) is 0.754. The van der Waals surface area contributed by atoms with E-state index in [1.807, 2.05) is 0 Å². The highest BCUT2D eigenvalue weighted by atomic mass is 19.4. The second-order valence-electron chi connectivity index (χ2n) is 8.30. The lowest BCUT2D eigenvalue weighted by atomic mass is 9.78. The van der Waals surface area contributed by atoms with Crippen molar-refractivity contribution in [2.75, 3.05) is 19.6 Å². The Labute approximate surface area is 154 Å². The van der Waals surface area contributed by atoms with Gasteiger partial charge in [-0.05, 0) is 55.8 Å². The molecular weight excluding hydrogens is 337 g/mol. The molecule has 0 aromatic heterocycles. The number of rotatable bonds is 3. The van der Waals surface area contributed by atoms with E-state index in [1.165, 1.54) is 63.6 Å². The highest BCUT2D eigenvalue weighted by Crippen LogP contribution is 2.38. The van der Waals surface area contributed by atoms with Crippen LogP contribution >= 0.6 is 0 Å². The lowest BCUT2D eigenvalue weighted by Crippen LogP contribution is -2.59. The molecule has 0 N–H and O–H groups in total. The van der Waals surface area contributed by atoms with Gasteiger partial charge in [0.25, 0.3) is 0 Å². The van der Waals surface area contributed by atoms with Crippen LogP contribution in [0.5, 0.6) is 0 Å². The SMILES string of the molecule is FC(F)(F)c1ccc(CN2CCN3CCC[C@H]3[C@H]2C2CCCCC2)cc1. The van der Waals surface area contributed by atoms with E-state index in [0.717, 1.165) is 31.1 Å². The minimum Gasteiger partial charge on any atom is -0.298 e. The van der Waals surface area contributed by atoms with Crippen molar-refractivity contribution in [2.24, 2.45) is 5.92 Å². The van der Waals surface area contributed by atoms with Gasteiger partial charge in [0.2, 0.25) is 0 Å². The number of piperazine rings is 1. The van der Waals surface area contributed by atoms with Gasteiger partial charge in [0.05, 0.1) is 5.56 Å². The van der Waals surface area contributed by atoms with Gasteiger partial charge in [-0.15, -0.1) is 0 Å². The largest absolute Gasteiger partial charge is 0.416 e. The Hall–Kier alpha value is -1.07. The topological polar surface area (TPSA) is 6.48 Å². The van der Waals surface area contributed by atoms with E-state index in [4.69, 9.17) is 0 Å². The molecule has 0 radical (unpaired) electrons. The molecule has 3 aliphatic rings. The fourth-order valence-electron chi connectivity index (χ4n) is 5.47. The fraction of sp³-hybridized carbons (Fsp3) is 0.714. The van der Waals surface area contributed by atoms with Crippen LogP contribution in [0, 0.1) is 5.92 Å². The summed E-state index contributed by atoms with van der Waals surface area (Å²) in [5.41, 5.74) is 0.455. The van der Waals surface area contributed by atoms with Crippen molar-refractivity contribution < 1.29 is 13.2 Å². The number of fused-ring (bicyclic) bond motifs is 1. The first-order valence-corrected chi connectivity index (χ1v) is 10.2. The van der Waals surface area contributed by atoms with Gasteiger partial charge in [-0.1, -0.05) is 31.4 Å². The normalized spacial score (nSPS) is 29.0. The van der Waals surface area contributed by atoms with Crippen LogP contribution in [0.1, 0.15) is 56.1 Å². The number of benzene rings is 1. The first-order chi connectivity index (χ1) is 12.5. The number of hydrogen-bond donors (Lipinski definition) is 0. The van der Waals surface area contributed by atoms with Crippen LogP contribution in [0.2, 0.25) is 0 Å². The zero-order valence-corrected chi connectivity index (χ0v) is 15.3. The zero-order valence-electron chi connectivity index (χ0n) is 15.3. The van der Waals surface area contributed by atoms with Crippen LogP contribution < -0.4 is 0 Å². The molecule has 1 saturated carbocycles. The van der Waals surface area contributed by atoms with Gasteiger partial charge in [-0.25, -0.2) is 0 Å². The van der Waals surface area contributed by atoms with Gasteiger partial charge in [-0.3, -0.25) is 9.80 Å². The van der Waals surface area contributed by atoms with Crippen molar-refractivity contribution in [1.29, 1.82) is 0 Å². The van der Waals surface area contributed by atoms with Crippen LogP contribution in [0.15, 0.2) is 24.3 Å². The summed E-state index contributed by atoms with van der Waals surface area (Å²) in [6.07, 6.45) is 4.99. The lowest BCUT2D eigenvalue weighted by Gasteiger charge is -2.49. The molecule has 1 aromatic carbocycles. The Morgan fingerprint density at radius 2 is 1.58 bits per heavy atom. The van der Waals surface area contributed by atoms with E-state index in [-0.39, 0.29) is 0 Å². The average Bonchev–Trinajstić information content (AvgIpc) is 3.10. The molecule has 5 heteroatoms. The maximum absolute atomic E-state index is 12.8. The second kappa shape index (κ2) is 7.51. The minimum atomic E-state index is -4.25. The third kappa shape index (κ3) is 3.79. The molecule has 144 valence electrons. The molecule has 4 rings (SSSR count). The summed E-state index contributed by atoms with van der Waals surface area (Å²) in [6, 6.07) is 7.03. The van der Waals surface area contributed by atoms with E-state index in [0.29, 0.717) is 12.1 Å². The fourth-order valence-corrected chi connectivity index (χ4v) is 5.47. The predicted molar refractivity (Wildman–Crippen MR) is 96.8 cm³/mol. The second-order valence-corrected chi connectivity index (χ2v) is 8.30. The Bertz CT molecular complexity index is 592. The molecule has 0 amide bonds. The maximum atomic E-state index is 12.8. The highest BCUT2D eigenvalue weighted by Gasteiger charge is 2.42. The number of nitrogens with zero attached hydrogens (tertiary/aromatic N) is 2. The Morgan fingerprint density at radius 1 is 0.846 bits per heavy atom. The maximum Gasteiger partial charge on any atom is 0.416 e. The molecule has 26 heavy (non-hydrogen) atoms. The number of alkyl halides is 3. The summed E-state index contributed by atoms with van der Waals surface area (Å²) in [7, 11) is 0. The van der Waals surface area contributed by atoms with E-state index < -0.39 is 11.7 Å². The van der Waals surface area contributed by atoms with E-state index >= 15 is 0 Å². The molecule has 2 aliphatic heterocycles. The molecule has 0 spiro atoms. The van der Waals surface area contributed by atoms with Gasteiger partial charge in [-0.2, -0.15) is 13.2 Å². The van der Waals surface area contributed by atoms with Crippen LogP contribution in [0.25, 0.3) is 0 Å². The van der Waals surface area contributed by atoms with Gasteiger partial charge in [0.15, 0.2) is 0 Å². The van der Waals surface area contributed by atoms with Gasteiger partial charge < -0.3 is 0 Å². The third-order valence-electron chi connectivity index (χ3n) is 6.70. The first kappa shape index (κ1) is 18.3.